The van der Waals surface area contributed by atoms with Crippen LogP contribution in [0.15, 0.2) is 41.3 Å². The fourth-order valence-corrected chi connectivity index (χ4v) is 3.33. The Morgan fingerprint density at radius 3 is 2.58 bits per heavy atom. The van der Waals surface area contributed by atoms with E-state index < -0.39 is 0 Å². The summed E-state index contributed by atoms with van der Waals surface area (Å²) in [5, 5.41) is 2.63. The van der Waals surface area contributed by atoms with Gasteiger partial charge in [-0.05, 0) is 40.8 Å². The first-order valence-electron chi connectivity index (χ1n) is 8.11. The number of benzene rings is 1. The summed E-state index contributed by atoms with van der Waals surface area (Å²) in [6.45, 7) is 2.00. The molecule has 1 aliphatic heterocycles. The number of nitrogens with one attached hydrogen (secondary N) is 1. The summed E-state index contributed by atoms with van der Waals surface area (Å²) in [7, 11) is 1.56. The first kappa shape index (κ1) is 18.6. The molecule has 26 heavy (non-hydrogen) atoms. The van der Waals surface area contributed by atoms with Crippen molar-refractivity contribution in [1.29, 1.82) is 0 Å². The number of ether oxygens (including phenoxy) is 1. The second kappa shape index (κ2) is 8.00. The molecule has 3 rings (SSSR count). The van der Waals surface area contributed by atoms with Crippen molar-refractivity contribution in [3.8, 4) is 0 Å². The lowest BCUT2D eigenvalue weighted by molar-refractivity contribution is 0.0302. The highest BCUT2D eigenvalue weighted by atomic mass is 127. The van der Waals surface area contributed by atoms with Crippen LogP contribution in [0.1, 0.15) is 20.7 Å². The largest absolute Gasteiger partial charge is 0.378 e. The Hall–Kier alpha value is -2.20. The van der Waals surface area contributed by atoms with Crippen molar-refractivity contribution in [2.45, 2.75) is 0 Å². The van der Waals surface area contributed by atoms with E-state index >= 15 is 0 Å². The molecular weight excluding hydrogens is 449 g/mol. The van der Waals surface area contributed by atoms with Gasteiger partial charge in [0.1, 0.15) is 5.69 Å². The van der Waals surface area contributed by atoms with Crippen LogP contribution in [-0.2, 0) is 11.8 Å². The molecule has 0 bridgehead atoms. The van der Waals surface area contributed by atoms with Crippen LogP contribution in [0.3, 0.4) is 0 Å². The molecule has 1 fully saturated rings. The van der Waals surface area contributed by atoms with E-state index in [1.54, 1.807) is 24.1 Å². The number of aryl methyl sites for hydroxylation is 1. The summed E-state index contributed by atoms with van der Waals surface area (Å²) in [5.41, 5.74) is 0.534. The normalized spacial score (nSPS) is 14.2. The zero-order valence-electron chi connectivity index (χ0n) is 14.2. The van der Waals surface area contributed by atoms with Crippen LogP contribution >= 0.6 is 22.6 Å². The zero-order valence-corrected chi connectivity index (χ0v) is 16.4. The highest BCUT2D eigenvalue weighted by Crippen LogP contribution is 2.15. The Balaban J connectivity index is 1.89. The van der Waals surface area contributed by atoms with Crippen LogP contribution < -0.4 is 10.9 Å². The molecule has 0 unspecified atom stereocenters. The van der Waals surface area contributed by atoms with E-state index in [0.717, 1.165) is 3.57 Å². The lowest BCUT2D eigenvalue weighted by atomic mass is 10.2. The van der Waals surface area contributed by atoms with Crippen molar-refractivity contribution in [3.05, 3.63) is 61.6 Å². The summed E-state index contributed by atoms with van der Waals surface area (Å²) in [4.78, 5) is 39.2. The molecule has 0 saturated carbocycles. The van der Waals surface area contributed by atoms with E-state index in [2.05, 4.69) is 27.9 Å². The number of hydrogen-bond acceptors (Lipinski definition) is 4. The molecule has 8 heteroatoms. The summed E-state index contributed by atoms with van der Waals surface area (Å²) in [6.07, 6.45) is 1.49. The second-order valence-electron chi connectivity index (χ2n) is 5.90. The van der Waals surface area contributed by atoms with Gasteiger partial charge in [0.2, 0.25) is 0 Å². The van der Waals surface area contributed by atoms with Gasteiger partial charge in [-0.3, -0.25) is 14.4 Å². The fraction of sp³-hybridized carbons (Fsp3) is 0.278. The minimum Gasteiger partial charge on any atom is -0.378 e. The van der Waals surface area contributed by atoms with Crippen LogP contribution in [-0.4, -0.2) is 47.6 Å². The number of nitrogens with zero attached hydrogens (tertiary/aromatic N) is 2. The van der Waals surface area contributed by atoms with Crippen molar-refractivity contribution >= 4 is 40.1 Å². The van der Waals surface area contributed by atoms with Crippen molar-refractivity contribution < 1.29 is 14.3 Å². The number of pyridine rings is 1. The van der Waals surface area contributed by atoms with Gasteiger partial charge in [-0.25, -0.2) is 0 Å². The Morgan fingerprint density at radius 1 is 1.19 bits per heavy atom. The van der Waals surface area contributed by atoms with Gasteiger partial charge in [0.15, 0.2) is 0 Å². The monoisotopic (exact) mass is 467 g/mol. The molecule has 0 radical (unpaired) electrons. The van der Waals surface area contributed by atoms with E-state index in [4.69, 9.17) is 4.74 Å². The van der Waals surface area contributed by atoms with Crippen molar-refractivity contribution in [3.63, 3.8) is 0 Å². The van der Waals surface area contributed by atoms with E-state index in [9.17, 15) is 14.4 Å². The van der Waals surface area contributed by atoms with Gasteiger partial charge in [0.05, 0.1) is 24.3 Å². The Kier molecular flexibility index (Phi) is 5.72. The summed E-state index contributed by atoms with van der Waals surface area (Å²) >= 11 is 2.06. The van der Waals surface area contributed by atoms with Crippen molar-refractivity contribution in [2.24, 2.45) is 7.05 Å². The number of amides is 2. The first-order chi connectivity index (χ1) is 12.5. The minimum atomic E-state index is -0.386. The molecule has 1 aromatic carbocycles. The van der Waals surface area contributed by atoms with Gasteiger partial charge < -0.3 is 19.5 Å². The van der Waals surface area contributed by atoms with Crippen molar-refractivity contribution in [2.75, 3.05) is 31.6 Å². The number of halogens is 1. The molecule has 0 spiro atoms. The standard InChI is InChI=1S/C18H18IN3O4/c1-21-11-12(17(24)22-6-8-26-9-7-22)10-15(18(21)25)20-16(23)13-4-2-3-5-14(13)19/h2-5,10-11H,6-9H2,1H3,(H,20,23). The molecule has 7 nitrogen and oxygen atoms in total. The number of carbonyl (C=O) groups excluding carboxylic acids is 2. The number of carbonyl (C=O) groups is 2. The smallest absolute Gasteiger partial charge is 0.274 e. The van der Waals surface area contributed by atoms with Crippen LogP contribution in [0, 0.1) is 3.57 Å². The van der Waals surface area contributed by atoms with E-state index in [1.165, 1.54) is 16.8 Å². The summed E-state index contributed by atoms with van der Waals surface area (Å²) in [6, 6.07) is 8.52. The molecule has 2 aromatic rings. The quantitative estimate of drug-likeness (QED) is 0.698. The second-order valence-corrected chi connectivity index (χ2v) is 7.06. The van der Waals surface area contributed by atoms with E-state index in [-0.39, 0.29) is 23.1 Å². The van der Waals surface area contributed by atoms with Gasteiger partial charge in [0.25, 0.3) is 17.4 Å². The minimum absolute atomic E-state index is 0.0799. The summed E-state index contributed by atoms with van der Waals surface area (Å²) in [5.74, 6) is -0.572. The predicted molar refractivity (Wildman–Crippen MR) is 106 cm³/mol. The van der Waals surface area contributed by atoms with Gasteiger partial charge in [-0.1, -0.05) is 12.1 Å². The molecule has 0 atom stereocenters. The van der Waals surface area contributed by atoms with Gasteiger partial charge in [-0.2, -0.15) is 0 Å². The molecule has 2 amide bonds. The van der Waals surface area contributed by atoms with Crippen LogP contribution in [0.5, 0.6) is 0 Å². The molecule has 136 valence electrons. The average Bonchev–Trinajstić information content (AvgIpc) is 2.65. The number of morpholine rings is 1. The lowest BCUT2D eigenvalue weighted by Gasteiger charge is -2.27. The highest BCUT2D eigenvalue weighted by molar-refractivity contribution is 14.1. The molecule has 1 saturated heterocycles. The Morgan fingerprint density at radius 2 is 1.88 bits per heavy atom. The van der Waals surface area contributed by atoms with E-state index in [0.29, 0.717) is 37.4 Å². The summed E-state index contributed by atoms with van der Waals surface area (Å²) < 4.78 is 7.34. The fourth-order valence-electron chi connectivity index (χ4n) is 2.70. The van der Waals surface area contributed by atoms with Crippen LogP contribution in [0.4, 0.5) is 5.69 Å². The SMILES string of the molecule is Cn1cc(C(=O)N2CCOCC2)cc(NC(=O)c2ccccc2I)c1=O. The number of aromatic nitrogens is 1. The van der Waals surface area contributed by atoms with Crippen LogP contribution in [0.25, 0.3) is 0 Å². The maximum atomic E-state index is 12.7. The van der Waals surface area contributed by atoms with Gasteiger partial charge in [0, 0.05) is 29.9 Å². The third-order valence-electron chi connectivity index (χ3n) is 4.10. The molecule has 0 aliphatic carbocycles. The molecule has 1 aromatic heterocycles. The highest BCUT2D eigenvalue weighted by Gasteiger charge is 2.21. The van der Waals surface area contributed by atoms with E-state index in [1.807, 2.05) is 12.1 Å². The topological polar surface area (TPSA) is 80.6 Å². The first-order valence-corrected chi connectivity index (χ1v) is 9.19. The maximum Gasteiger partial charge on any atom is 0.274 e. The zero-order chi connectivity index (χ0) is 18.7. The average molecular weight is 467 g/mol. The number of anilines is 1. The van der Waals surface area contributed by atoms with Gasteiger partial charge >= 0.3 is 0 Å². The molecule has 1 aliphatic rings. The maximum absolute atomic E-state index is 12.7. The van der Waals surface area contributed by atoms with Crippen LogP contribution in [0.2, 0.25) is 0 Å². The third-order valence-corrected chi connectivity index (χ3v) is 5.04. The lowest BCUT2D eigenvalue weighted by Crippen LogP contribution is -2.41. The molecule has 1 N–H and O–H groups in total. The Labute approximate surface area is 164 Å². The predicted octanol–water partition coefficient (Wildman–Crippen LogP) is 1.71. The Bertz CT molecular complexity index is 904. The third kappa shape index (κ3) is 3.96. The molecule has 2 heterocycles. The number of hydrogen-bond donors (Lipinski definition) is 1. The van der Waals surface area contributed by atoms with Gasteiger partial charge in [-0.15, -0.1) is 0 Å². The molecular formula is C18H18IN3O4. The number of rotatable bonds is 3. The van der Waals surface area contributed by atoms with Crippen molar-refractivity contribution in [1.82, 2.24) is 9.47 Å².